The third kappa shape index (κ3) is 1.47. The molecule has 1 amide bonds. The van der Waals surface area contributed by atoms with Crippen molar-refractivity contribution in [2.75, 3.05) is 0 Å². The standard InChI is InChI=1S/C11H15NO2/c1-11-5-2-3-9(13)8(11)7-12-10(14)4-6-11/h7H,2-6H2,1H3,(H,12,14). The fourth-order valence-corrected chi connectivity index (χ4v) is 2.37. The summed E-state index contributed by atoms with van der Waals surface area (Å²) >= 11 is 0. The summed E-state index contributed by atoms with van der Waals surface area (Å²) in [5, 5.41) is 2.68. The van der Waals surface area contributed by atoms with E-state index in [2.05, 4.69) is 12.2 Å². The van der Waals surface area contributed by atoms with Gasteiger partial charge >= 0.3 is 0 Å². The van der Waals surface area contributed by atoms with E-state index in [0.29, 0.717) is 12.8 Å². The zero-order valence-electron chi connectivity index (χ0n) is 8.43. The number of amides is 1. The number of allylic oxidation sites excluding steroid dienone is 1. The molecule has 3 nitrogen and oxygen atoms in total. The van der Waals surface area contributed by atoms with Crippen LogP contribution < -0.4 is 5.32 Å². The Kier molecular flexibility index (Phi) is 2.17. The molecular formula is C11H15NO2. The maximum absolute atomic E-state index is 11.7. The van der Waals surface area contributed by atoms with E-state index in [1.807, 2.05) is 0 Å². The number of hydrogen-bond acceptors (Lipinski definition) is 2. The zero-order valence-corrected chi connectivity index (χ0v) is 8.43. The first-order chi connectivity index (χ1) is 6.62. The second-order valence-electron chi connectivity index (χ2n) is 4.46. The minimum absolute atomic E-state index is 0.0286. The van der Waals surface area contributed by atoms with E-state index in [0.717, 1.165) is 24.8 Å². The van der Waals surface area contributed by atoms with Gasteiger partial charge in [-0.15, -0.1) is 0 Å². The SMILES string of the molecule is CC12CCCC(=O)C1=CNC(=O)CC2. The van der Waals surface area contributed by atoms with E-state index in [1.54, 1.807) is 6.20 Å². The average molecular weight is 193 g/mol. The predicted molar refractivity (Wildman–Crippen MR) is 52.4 cm³/mol. The van der Waals surface area contributed by atoms with Gasteiger partial charge in [0.25, 0.3) is 0 Å². The van der Waals surface area contributed by atoms with E-state index in [4.69, 9.17) is 0 Å². The van der Waals surface area contributed by atoms with Crippen molar-refractivity contribution in [3.63, 3.8) is 0 Å². The van der Waals surface area contributed by atoms with Crippen LogP contribution >= 0.6 is 0 Å². The highest BCUT2D eigenvalue weighted by molar-refractivity contribution is 5.98. The highest BCUT2D eigenvalue weighted by atomic mass is 16.1. The van der Waals surface area contributed by atoms with E-state index in [9.17, 15) is 9.59 Å². The Balaban J connectivity index is 2.34. The fraction of sp³-hybridized carbons (Fsp3) is 0.636. The molecule has 0 aromatic carbocycles. The molecule has 2 aliphatic rings. The predicted octanol–water partition coefficient (Wildman–Crippen LogP) is 1.54. The van der Waals surface area contributed by atoms with Crippen LogP contribution in [0.15, 0.2) is 11.8 Å². The van der Waals surface area contributed by atoms with Gasteiger partial charge in [-0.1, -0.05) is 6.92 Å². The van der Waals surface area contributed by atoms with Crippen molar-refractivity contribution >= 4 is 11.7 Å². The molecule has 0 spiro atoms. The second-order valence-corrected chi connectivity index (χ2v) is 4.46. The molecule has 1 unspecified atom stereocenters. The van der Waals surface area contributed by atoms with Crippen molar-refractivity contribution < 1.29 is 9.59 Å². The molecule has 1 heterocycles. The van der Waals surface area contributed by atoms with Gasteiger partial charge in [0.15, 0.2) is 5.78 Å². The molecule has 1 aliphatic carbocycles. The smallest absolute Gasteiger partial charge is 0.223 e. The van der Waals surface area contributed by atoms with Crippen LogP contribution in [-0.4, -0.2) is 11.7 Å². The summed E-state index contributed by atoms with van der Waals surface area (Å²) < 4.78 is 0. The minimum Gasteiger partial charge on any atom is -0.332 e. The average Bonchev–Trinajstić information content (AvgIpc) is 2.28. The van der Waals surface area contributed by atoms with Gasteiger partial charge < -0.3 is 5.32 Å². The van der Waals surface area contributed by atoms with Gasteiger partial charge in [-0.3, -0.25) is 9.59 Å². The van der Waals surface area contributed by atoms with Gasteiger partial charge in [0.2, 0.25) is 5.91 Å². The quantitative estimate of drug-likeness (QED) is 0.634. The summed E-state index contributed by atoms with van der Waals surface area (Å²) in [5.74, 6) is 0.238. The van der Waals surface area contributed by atoms with Crippen LogP contribution in [0.1, 0.15) is 39.0 Å². The summed E-state index contributed by atoms with van der Waals surface area (Å²) in [4.78, 5) is 22.9. The van der Waals surface area contributed by atoms with Crippen molar-refractivity contribution in [1.82, 2.24) is 5.32 Å². The highest BCUT2D eigenvalue weighted by Crippen LogP contribution is 2.42. The molecule has 0 radical (unpaired) electrons. The molecule has 0 bridgehead atoms. The number of fused-ring (bicyclic) bond motifs is 1. The Bertz CT molecular complexity index is 319. The molecule has 1 atom stereocenters. The molecule has 0 aromatic heterocycles. The van der Waals surface area contributed by atoms with E-state index in [-0.39, 0.29) is 17.1 Å². The first-order valence-electron chi connectivity index (χ1n) is 5.15. The molecular weight excluding hydrogens is 178 g/mol. The van der Waals surface area contributed by atoms with Gasteiger partial charge in [-0.2, -0.15) is 0 Å². The van der Waals surface area contributed by atoms with Crippen molar-refractivity contribution in [2.24, 2.45) is 5.41 Å². The van der Waals surface area contributed by atoms with E-state index in [1.165, 1.54) is 0 Å². The number of hydrogen-bond donors (Lipinski definition) is 1. The highest BCUT2D eigenvalue weighted by Gasteiger charge is 2.37. The molecule has 3 heteroatoms. The lowest BCUT2D eigenvalue weighted by Crippen LogP contribution is -2.29. The lowest BCUT2D eigenvalue weighted by molar-refractivity contribution is -0.121. The fourth-order valence-electron chi connectivity index (χ4n) is 2.37. The largest absolute Gasteiger partial charge is 0.332 e. The van der Waals surface area contributed by atoms with Crippen LogP contribution in [0.25, 0.3) is 0 Å². The van der Waals surface area contributed by atoms with E-state index < -0.39 is 0 Å². The van der Waals surface area contributed by atoms with Crippen LogP contribution in [0.2, 0.25) is 0 Å². The van der Waals surface area contributed by atoms with Crippen LogP contribution in [0.5, 0.6) is 0 Å². The van der Waals surface area contributed by atoms with Crippen molar-refractivity contribution in [1.29, 1.82) is 0 Å². The zero-order chi connectivity index (χ0) is 10.2. The molecule has 0 saturated heterocycles. The summed E-state index contributed by atoms with van der Waals surface area (Å²) in [6.45, 7) is 2.09. The molecule has 2 rings (SSSR count). The number of ketones is 1. The minimum atomic E-state index is -0.0610. The summed E-state index contributed by atoms with van der Waals surface area (Å²) in [6, 6.07) is 0. The second kappa shape index (κ2) is 3.23. The summed E-state index contributed by atoms with van der Waals surface area (Å²) in [6.07, 6.45) is 5.59. The first kappa shape index (κ1) is 9.44. The molecule has 14 heavy (non-hydrogen) atoms. The monoisotopic (exact) mass is 193 g/mol. The van der Waals surface area contributed by atoms with Crippen molar-refractivity contribution in [3.05, 3.63) is 11.8 Å². The molecule has 1 fully saturated rings. The van der Waals surface area contributed by atoms with Crippen LogP contribution in [0.3, 0.4) is 0 Å². The number of carbonyl (C=O) groups is 2. The topological polar surface area (TPSA) is 46.2 Å². The third-order valence-electron chi connectivity index (χ3n) is 3.36. The van der Waals surface area contributed by atoms with Crippen molar-refractivity contribution in [3.8, 4) is 0 Å². The molecule has 1 saturated carbocycles. The number of Topliss-reactive ketones (excluding diaryl/α,β-unsaturated/α-hetero) is 1. The molecule has 1 N–H and O–H groups in total. The van der Waals surface area contributed by atoms with Crippen LogP contribution in [0.4, 0.5) is 0 Å². The lowest BCUT2D eigenvalue weighted by Gasteiger charge is -2.33. The normalized spacial score (nSPS) is 32.8. The number of carbonyl (C=O) groups excluding carboxylic acids is 2. The molecule has 1 aliphatic heterocycles. The number of rotatable bonds is 0. The summed E-state index contributed by atoms with van der Waals surface area (Å²) in [5.41, 5.74) is 0.767. The first-order valence-corrected chi connectivity index (χ1v) is 5.15. The number of nitrogens with one attached hydrogen (secondary N) is 1. The Hall–Kier alpha value is -1.12. The molecule has 0 aromatic rings. The van der Waals surface area contributed by atoms with Crippen LogP contribution in [0, 0.1) is 5.41 Å². The maximum atomic E-state index is 11.7. The van der Waals surface area contributed by atoms with E-state index >= 15 is 0 Å². The molecule has 76 valence electrons. The van der Waals surface area contributed by atoms with Crippen molar-refractivity contribution in [2.45, 2.75) is 39.0 Å². The van der Waals surface area contributed by atoms with Gasteiger partial charge in [-0.25, -0.2) is 0 Å². The Morgan fingerprint density at radius 1 is 1.29 bits per heavy atom. The van der Waals surface area contributed by atoms with Gasteiger partial charge in [0.1, 0.15) is 0 Å². The Morgan fingerprint density at radius 2 is 2.07 bits per heavy atom. The Morgan fingerprint density at radius 3 is 2.86 bits per heavy atom. The third-order valence-corrected chi connectivity index (χ3v) is 3.36. The van der Waals surface area contributed by atoms with Gasteiger partial charge in [-0.05, 0) is 24.7 Å². The van der Waals surface area contributed by atoms with Crippen LogP contribution in [-0.2, 0) is 9.59 Å². The lowest BCUT2D eigenvalue weighted by atomic mass is 9.69. The van der Waals surface area contributed by atoms with Gasteiger partial charge in [0.05, 0.1) is 0 Å². The maximum Gasteiger partial charge on any atom is 0.223 e. The summed E-state index contributed by atoms with van der Waals surface area (Å²) in [7, 11) is 0. The Labute approximate surface area is 83.6 Å². The van der Waals surface area contributed by atoms with Gasteiger partial charge in [0, 0.05) is 24.6 Å².